The molecule has 0 radical (unpaired) electrons. The van der Waals surface area contributed by atoms with Crippen molar-refractivity contribution in [3.8, 4) is 0 Å². The molecule has 0 aromatic carbocycles. The minimum absolute atomic E-state index is 0.0936. The molecule has 1 rings (SSSR count). The fraction of sp³-hybridized carbons (Fsp3) is 0.815. The average molecular weight is 468 g/mol. The quantitative estimate of drug-likeness (QED) is 0.187. The van der Waals surface area contributed by atoms with Crippen molar-refractivity contribution < 1.29 is 25.2 Å². The summed E-state index contributed by atoms with van der Waals surface area (Å²) in [4.78, 5) is 14.1. The molecular weight excluding hydrogens is 418 g/mol. The molecule has 0 aliphatic heterocycles. The molecule has 0 bridgehead atoms. The Morgan fingerprint density at radius 3 is 2.39 bits per heavy atom. The maximum Gasteiger partial charge on any atom is 0.309 e. The number of hydrogen-bond donors (Lipinski definition) is 4. The smallest absolute Gasteiger partial charge is 0.309 e. The van der Waals surface area contributed by atoms with E-state index in [1.165, 1.54) is 0 Å². The van der Waals surface area contributed by atoms with E-state index in [-0.39, 0.29) is 11.8 Å². The molecule has 192 valence electrons. The van der Waals surface area contributed by atoms with Gasteiger partial charge in [-0.2, -0.15) is 0 Å². The Labute approximate surface area is 201 Å². The molecule has 1 aliphatic carbocycles. The highest BCUT2D eigenvalue weighted by Gasteiger charge is 2.39. The first-order valence-corrected chi connectivity index (χ1v) is 13.0. The zero-order chi connectivity index (χ0) is 24.9. The van der Waals surface area contributed by atoms with Crippen LogP contribution in [-0.2, 0) is 4.79 Å². The zero-order valence-corrected chi connectivity index (χ0v) is 21.3. The zero-order valence-electron chi connectivity index (χ0n) is 21.3. The molecule has 0 heterocycles. The van der Waals surface area contributed by atoms with Gasteiger partial charge >= 0.3 is 5.97 Å². The van der Waals surface area contributed by atoms with Crippen molar-refractivity contribution in [3.63, 3.8) is 0 Å². The molecule has 6 atom stereocenters. The number of aliphatic carboxylic acids is 1. The Morgan fingerprint density at radius 2 is 1.79 bits per heavy atom. The van der Waals surface area contributed by atoms with Crippen LogP contribution in [0, 0.1) is 17.3 Å². The third-order valence-electron chi connectivity index (χ3n) is 7.40. The lowest BCUT2D eigenvalue weighted by Crippen LogP contribution is -2.34. The summed E-state index contributed by atoms with van der Waals surface area (Å²) in [5.74, 6) is -1.02. The van der Waals surface area contributed by atoms with Crippen LogP contribution < -0.4 is 0 Å². The number of rotatable bonds is 17. The van der Waals surface area contributed by atoms with Crippen LogP contribution in [0.25, 0.3) is 0 Å². The van der Waals surface area contributed by atoms with Gasteiger partial charge in [0.05, 0.1) is 23.7 Å². The third-order valence-corrected chi connectivity index (χ3v) is 7.40. The number of allylic oxidation sites excluding steroid dienone is 2. The number of aliphatic hydroxyl groups is 3. The molecule has 0 spiro atoms. The van der Waals surface area contributed by atoms with Gasteiger partial charge in [0.2, 0.25) is 0 Å². The van der Waals surface area contributed by atoms with Crippen LogP contribution in [-0.4, -0.2) is 69.2 Å². The van der Waals surface area contributed by atoms with Crippen molar-refractivity contribution in [2.75, 3.05) is 19.6 Å². The maximum atomic E-state index is 11.9. The minimum atomic E-state index is -0.755. The van der Waals surface area contributed by atoms with E-state index in [0.29, 0.717) is 32.1 Å². The van der Waals surface area contributed by atoms with Crippen molar-refractivity contribution in [2.24, 2.45) is 17.3 Å². The standard InChI is InChI=1S/C27H49NO5/c1-5-8-10-13-21(29)15-16-23-22(24(30)20-25(23)31)14-11-9-12-17-27(4,26(32)33)18-19-28(6-2)7-3/h9,11,15-16,21-25,29-31H,5-8,10,12-14,17-20H2,1-4H3,(H,32,33)/t21?,22-,23-,24?,25?,27?/m1/s1. The Kier molecular flexibility index (Phi) is 14.1. The Hall–Kier alpha value is -1.21. The topological polar surface area (TPSA) is 101 Å². The summed E-state index contributed by atoms with van der Waals surface area (Å²) in [6.07, 6.45) is 12.7. The molecule has 1 fully saturated rings. The van der Waals surface area contributed by atoms with E-state index in [2.05, 4.69) is 25.7 Å². The van der Waals surface area contributed by atoms with E-state index in [4.69, 9.17) is 0 Å². The molecule has 4 unspecified atom stereocenters. The van der Waals surface area contributed by atoms with Crippen LogP contribution in [0.15, 0.2) is 24.3 Å². The fourth-order valence-electron chi connectivity index (χ4n) is 4.72. The molecule has 6 nitrogen and oxygen atoms in total. The summed E-state index contributed by atoms with van der Waals surface area (Å²) in [6.45, 7) is 10.8. The predicted octanol–water partition coefficient (Wildman–Crippen LogP) is 4.39. The average Bonchev–Trinajstić information content (AvgIpc) is 3.04. The van der Waals surface area contributed by atoms with Gasteiger partial charge in [-0.3, -0.25) is 4.79 Å². The monoisotopic (exact) mass is 467 g/mol. The van der Waals surface area contributed by atoms with Gasteiger partial charge in [-0.25, -0.2) is 0 Å². The highest BCUT2D eigenvalue weighted by molar-refractivity contribution is 5.74. The van der Waals surface area contributed by atoms with Gasteiger partial charge in [0.15, 0.2) is 0 Å². The number of unbranched alkanes of at least 4 members (excludes halogenated alkanes) is 2. The van der Waals surface area contributed by atoms with Crippen LogP contribution in [0.2, 0.25) is 0 Å². The molecule has 0 saturated heterocycles. The lowest BCUT2D eigenvalue weighted by Gasteiger charge is -2.28. The first-order valence-electron chi connectivity index (χ1n) is 13.0. The van der Waals surface area contributed by atoms with Gasteiger partial charge in [-0.1, -0.05) is 64.3 Å². The lowest BCUT2D eigenvalue weighted by molar-refractivity contribution is -0.149. The fourth-order valence-corrected chi connectivity index (χ4v) is 4.72. The molecule has 1 saturated carbocycles. The van der Waals surface area contributed by atoms with Crippen molar-refractivity contribution in [2.45, 2.75) is 104 Å². The molecule has 0 amide bonds. The van der Waals surface area contributed by atoms with E-state index >= 15 is 0 Å². The van der Waals surface area contributed by atoms with Gasteiger partial charge in [0.25, 0.3) is 0 Å². The first kappa shape index (κ1) is 29.8. The number of carboxylic acid groups (broad SMARTS) is 1. The molecule has 4 N–H and O–H groups in total. The van der Waals surface area contributed by atoms with Crippen LogP contribution in [0.1, 0.15) is 85.5 Å². The number of nitrogens with zero attached hydrogens (tertiary/aromatic N) is 1. The van der Waals surface area contributed by atoms with Crippen LogP contribution in [0.3, 0.4) is 0 Å². The first-order chi connectivity index (χ1) is 15.7. The Bertz CT molecular complexity index is 603. The van der Waals surface area contributed by atoms with E-state index in [1.807, 2.05) is 25.2 Å². The normalized spacial score (nSPS) is 26.4. The number of carboxylic acids is 1. The summed E-state index contributed by atoms with van der Waals surface area (Å²) in [5.41, 5.74) is -0.755. The highest BCUT2D eigenvalue weighted by atomic mass is 16.4. The number of hydrogen-bond acceptors (Lipinski definition) is 5. The van der Waals surface area contributed by atoms with Crippen molar-refractivity contribution in [3.05, 3.63) is 24.3 Å². The number of aliphatic hydroxyl groups excluding tert-OH is 3. The summed E-state index contributed by atoms with van der Waals surface area (Å²) in [5, 5.41) is 40.7. The second-order valence-corrected chi connectivity index (χ2v) is 9.95. The predicted molar refractivity (Wildman–Crippen MR) is 134 cm³/mol. The van der Waals surface area contributed by atoms with Crippen molar-refractivity contribution in [1.82, 2.24) is 4.90 Å². The van der Waals surface area contributed by atoms with Crippen LogP contribution in [0.5, 0.6) is 0 Å². The lowest BCUT2D eigenvalue weighted by atomic mass is 9.81. The molecule has 33 heavy (non-hydrogen) atoms. The molecular formula is C27H49NO5. The Balaban J connectivity index is 2.59. The third kappa shape index (κ3) is 10.3. The highest BCUT2D eigenvalue weighted by Crippen LogP contribution is 2.36. The van der Waals surface area contributed by atoms with E-state index in [1.54, 1.807) is 6.08 Å². The van der Waals surface area contributed by atoms with E-state index in [0.717, 1.165) is 45.3 Å². The van der Waals surface area contributed by atoms with Gasteiger partial charge < -0.3 is 25.3 Å². The SMILES string of the molecule is CCCCCC(O)C=C[C@H]1C(O)CC(O)[C@@H]1CC=CCCC(C)(CCN(CC)CC)C(=O)O. The van der Waals surface area contributed by atoms with Crippen LogP contribution >= 0.6 is 0 Å². The summed E-state index contributed by atoms with van der Waals surface area (Å²) < 4.78 is 0. The number of carbonyl (C=O) groups is 1. The van der Waals surface area contributed by atoms with Crippen molar-refractivity contribution in [1.29, 1.82) is 0 Å². The Morgan fingerprint density at radius 1 is 1.09 bits per heavy atom. The minimum Gasteiger partial charge on any atom is -0.481 e. The summed E-state index contributed by atoms with van der Waals surface area (Å²) in [6, 6.07) is 0. The van der Waals surface area contributed by atoms with Gasteiger partial charge in [-0.15, -0.1) is 0 Å². The van der Waals surface area contributed by atoms with Crippen molar-refractivity contribution >= 4 is 5.97 Å². The maximum absolute atomic E-state index is 11.9. The molecule has 0 aromatic heterocycles. The largest absolute Gasteiger partial charge is 0.481 e. The molecule has 0 aromatic rings. The molecule has 6 heteroatoms. The summed E-state index contributed by atoms with van der Waals surface area (Å²) in [7, 11) is 0. The van der Waals surface area contributed by atoms with E-state index < -0.39 is 29.7 Å². The second-order valence-electron chi connectivity index (χ2n) is 9.95. The molecule has 1 aliphatic rings. The van der Waals surface area contributed by atoms with E-state index in [9.17, 15) is 25.2 Å². The van der Waals surface area contributed by atoms with Gasteiger partial charge in [-0.05, 0) is 64.6 Å². The van der Waals surface area contributed by atoms with Crippen LogP contribution in [0.4, 0.5) is 0 Å². The second kappa shape index (κ2) is 15.6. The van der Waals surface area contributed by atoms with Gasteiger partial charge in [0, 0.05) is 12.3 Å². The van der Waals surface area contributed by atoms with Gasteiger partial charge in [0.1, 0.15) is 0 Å². The summed E-state index contributed by atoms with van der Waals surface area (Å²) >= 11 is 0.